The predicted octanol–water partition coefficient (Wildman–Crippen LogP) is 6.83. The second kappa shape index (κ2) is 16.1. The highest BCUT2D eigenvalue weighted by Gasteiger charge is 2.22. The lowest BCUT2D eigenvalue weighted by Crippen LogP contribution is -2.20. The second-order valence-electron chi connectivity index (χ2n) is 11.2. The zero-order chi connectivity index (χ0) is 31.3. The van der Waals surface area contributed by atoms with Gasteiger partial charge in [-0.05, 0) is 97.7 Å². The van der Waals surface area contributed by atoms with E-state index < -0.39 is 11.6 Å². The number of hydrogen-bond acceptors (Lipinski definition) is 6. The quantitative estimate of drug-likeness (QED) is 0.154. The van der Waals surface area contributed by atoms with Crippen LogP contribution >= 0.6 is 24.8 Å². The maximum atomic E-state index is 14.2. The largest absolute Gasteiger partial charge is 0.488 e. The number of rotatable bonds is 9. The normalized spacial score (nSPS) is 16.8. The Morgan fingerprint density at radius 2 is 1.32 bits per heavy atom. The molecule has 2 amide bonds. The van der Waals surface area contributed by atoms with Gasteiger partial charge in [0.1, 0.15) is 23.7 Å². The van der Waals surface area contributed by atoms with Crippen LogP contribution in [-0.2, 0) is 4.79 Å². The number of anilines is 2. The molecule has 0 spiro atoms. The van der Waals surface area contributed by atoms with Gasteiger partial charge < -0.3 is 30.7 Å². The van der Waals surface area contributed by atoms with Crippen molar-refractivity contribution in [1.82, 2.24) is 10.6 Å². The first-order chi connectivity index (χ1) is 21.8. The molecule has 2 saturated heterocycles. The molecular formula is C35H36Cl2F2N4O4. The first-order valence-electron chi connectivity index (χ1n) is 15.0. The summed E-state index contributed by atoms with van der Waals surface area (Å²) in [5.41, 5.74) is 3.93. The summed E-state index contributed by atoms with van der Waals surface area (Å²) >= 11 is 0. The standard InChI is InChI=1S/C35H34F2N4O4.2ClH/c1-21(42)40-25-4-2-3-22(15-25)30-18-26(7-10-34(30)45-28-12-14-39-20-28)41-35(43)24-6-9-33(44-27-11-13-38-19-27)29(16-24)23-5-8-31(36)32(37)17-23;;/h2-10,15-18,27-28,38-39H,11-14,19-20H2,1H3,(H,40,42)(H,41,43);2*1H/t27-,28-;;/m0../s1. The van der Waals surface area contributed by atoms with Crippen molar-refractivity contribution in [3.63, 3.8) is 0 Å². The Morgan fingerprint density at radius 3 is 1.94 bits per heavy atom. The molecule has 2 heterocycles. The molecule has 2 aliphatic rings. The van der Waals surface area contributed by atoms with Gasteiger partial charge in [0.25, 0.3) is 5.91 Å². The first-order valence-corrected chi connectivity index (χ1v) is 15.0. The summed E-state index contributed by atoms with van der Waals surface area (Å²) in [6.07, 6.45) is 1.63. The van der Waals surface area contributed by atoms with Crippen LogP contribution in [-0.4, -0.2) is 50.2 Å². The van der Waals surface area contributed by atoms with E-state index in [4.69, 9.17) is 9.47 Å². The van der Waals surface area contributed by atoms with Crippen molar-refractivity contribution in [2.75, 3.05) is 36.8 Å². The van der Waals surface area contributed by atoms with E-state index in [1.54, 1.807) is 30.3 Å². The van der Waals surface area contributed by atoms with E-state index >= 15 is 0 Å². The number of amides is 2. The molecule has 0 radical (unpaired) electrons. The Bertz CT molecular complexity index is 1730. The van der Waals surface area contributed by atoms with Gasteiger partial charge in [-0.1, -0.05) is 18.2 Å². The molecular weight excluding hydrogens is 649 g/mol. The zero-order valence-corrected chi connectivity index (χ0v) is 27.2. The van der Waals surface area contributed by atoms with Crippen molar-refractivity contribution in [3.8, 4) is 33.8 Å². The van der Waals surface area contributed by atoms with E-state index in [1.165, 1.54) is 13.0 Å². The van der Waals surface area contributed by atoms with Crippen LogP contribution in [0.15, 0.2) is 78.9 Å². The van der Waals surface area contributed by atoms with Gasteiger partial charge >= 0.3 is 0 Å². The van der Waals surface area contributed by atoms with Gasteiger partial charge in [0.2, 0.25) is 5.91 Å². The third kappa shape index (κ3) is 8.78. The van der Waals surface area contributed by atoms with Crippen LogP contribution in [0.4, 0.5) is 20.2 Å². The summed E-state index contributed by atoms with van der Waals surface area (Å²) < 4.78 is 40.5. The summed E-state index contributed by atoms with van der Waals surface area (Å²) in [5, 5.41) is 12.3. The van der Waals surface area contributed by atoms with E-state index in [0.717, 1.165) is 55.7 Å². The summed E-state index contributed by atoms with van der Waals surface area (Å²) in [5.74, 6) is -1.37. The van der Waals surface area contributed by atoms with Crippen molar-refractivity contribution in [2.24, 2.45) is 0 Å². The predicted molar refractivity (Wildman–Crippen MR) is 184 cm³/mol. The van der Waals surface area contributed by atoms with Crippen molar-refractivity contribution < 1.29 is 27.8 Å². The number of nitrogens with one attached hydrogen (secondary N) is 4. The number of carbonyl (C=O) groups excluding carboxylic acids is 2. The summed E-state index contributed by atoms with van der Waals surface area (Å²) in [6, 6.07) is 21.5. The van der Waals surface area contributed by atoms with Crippen LogP contribution in [0.5, 0.6) is 11.5 Å². The van der Waals surface area contributed by atoms with Crippen LogP contribution in [0.25, 0.3) is 22.3 Å². The fourth-order valence-corrected chi connectivity index (χ4v) is 5.59. The zero-order valence-electron chi connectivity index (χ0n) is 25.6. The fourth-order valence-electron chi connectivity index (χ4n) is 5.59. The highest BCUT2D eigenvalue weighted by Crippen LogP contribution is 2.36. The van der Waals surface area contributed by atoms with Crippen LogP contribution in [0.1, 0.15) is 30.1 Å². The molecule has 0 aromatic heterocycles. The number of carbonyl (C=O) groups is 2. The molecule has 12 heteroatoms. The Morgan fingerprint density at radius 1 is 0.702 bits per heavy atom. The Kier molecular flexibility index (Phi) is 12.2. The first kappa shape index (κ1) is 35.6. The third-order valence-electron chi connectivity index (χ3n) is 7.82. The molecule has 4 aromatic carbocycles. The maximum absolute atomic E-state index is 14.2. The van der Waals surface area contributed by atoms with E-state index in [0.29, 0.717) is 46.1 Å². The van der Waals surface area contributed by atoms with Crippen molar-refractivity contribution >= 4 is 48.0 Å². The van der Waals surface area contributed by atoms with Crippen LogP contribution < -0.4 is 30.7 Å². The number of halogens is 4. The summed E-state index contributed by atoms with van der Waals surface area (Å²) in [7, 11) is 0. The van der Waals surface area contributed by atoms with E-state index in [9.17, 15) is 18.4 Å². The van der Waals surface area contributed by atoms with Gasteiger partial charge in [-0.2, -0.15) is 0 Å². The number of ether oxygens (including phenoxy) is 2. The van der Waals surface area contributed by atoms with Gasteiger partial charge in [-0.25, -0.2) is 8.78 Å². The number of hydrogen-bond donors (Lipinski definition) is 4. The van der Waals surface area contributed by atoms with Gasteiger partial charge in [-0.3, -0.25) is 9.59 Å². The van der Waals surface area contributed by atoms with E-state index in [1.807, 2.05) is 30.3 Å². The second-order valence-corrected chi connectivity index (χ2v) is 11.2. The van der Waals surface area contributed by atoms with Gasteiger partial charge in [-0.15, -0.1) is 24.8 Å². The van der Waals surface area contributed by atoms with Gasteiger partial charge in [0.05, 0.1) is 0 Å². The van der Waals surface area contributed by atoms with Gasteiger partial charge in [0, 0.05) is 48.1 Å². The topological polar surface area (TPSA) is 101 Å². The smallest absolute Gasteiger partial charge is 0.255 e. The monoisotopic (exact) mass is 684 g/mol. The highest BCUT2D eigenvalue weighted by atomic mass is 35.5. The maximum Gasteiger partial charge on any atom is 0.255 e. The molecule has 6 rings (SSSR count). The molecule has 8 nitrogen and oxygen atoms in total. The average molecular weight is 686 g/mol. The average Bonchev–Trinajstić information content (AvgIpc) is 3.74. The van der Waals surface area contributed by atoms with Crippen LogP contribution in [0.3, 0.4) is 0 Å². The van der Waals surface area contributed by atoms with E-state index in [2.05, 4.69) is 21.3 Å². The summed E-state index contributed by atoms with van der Waals surface area (Å²) in [6.45, 7) is 4.56. The van der Waals surface area contributed by atoms with E-state index in [-0.39, 0.29) is 48.8 Å². The minimum Gasteiger partial charge on any atom is -0.488 e. The van der Waals surface area contributed by atoms with Gasteiger partial charge in [0.15, 0.2) is 11.6 Å². The molecule has 4 aromatic rings. The number of benzene rings is 4. The van der Waals surface area contributed by atoms with Crippen LogP contribution in [0, 0.1) is 11.6 Å². The molecule has 4 N–H and O–H groups in total. The Balaban J connectivity index is 0.00000250. The molecule has 2 aliphatic heterocycles. The molecule has 2 atom stereocenters. The van der Waals surface area contributed by atoms with Crippen molar-refractivity contribution in [3.05, 3.63) is 96.1 Å². The minimum atomic E-state index is -0.985. The lowest BCUT2D eigenvalue weighted by atomic mass is 10.0. The molecule has 47 heavy (non-hydrogen) atoms. The highest BCUT2D eigenvalue weighted by molar-refractivity contribution is 6.05. The SMILES string of the molecule is CC(=O)Nc1cccc(-c2cc(NC(=O)c3ccc(O[C@H]4CCNC4)c(-c4ccc(F)c(F)c4)c3)ccc2O[C@H]2CCNC2)c1.Cl.Cl. The van der Waals surface area contributed by atoms with Crippen molar-refractivity contribution in [1.29, 1.82) is 0 Å². The molecule has 0 unspecified atom stereocenters. The lowest BCUT2D eigenvalue weighted by molar-refractivity contribution is -0.114. The molecule has 0 saturated carbocycles. The minimum absolute atomic E-state index is 0. The molecule has 0 bridgehead atoms. The Hall–Kier alpha value is -4.22. The third-order valence-corrected chi connectivity index (χ3v) is 7.82. The molecule has 0 aliphatic carbocycles. The Labute approximate surface area is 284 Å². The summed E-state index contributed by atoms with van der Waals surface area (Å²) in [4.78, 5) is 25.3. The molecule has 248 valence electrons. The fraction of sp³-hybridized carbons (Fsp3) is 0.257. The molecule has 2 fully saturated rings. The van der Waals surface area contributed by atoms with Crippen LogP contribution in [0.2, 0.25) is 0 Å². The lowest BCUT2D eigenvalue weighted by Gasteiger charge is -2.19. The van der Waals surface area contributed by atoms with Crippen molar-refractivity contribution in [2.45, 2.75) is 32.0 Å².